The number of oxime groups is 1. The summed E-state index contributed by atoms with van der Waals surface area (Å²) in [7, 11) is 1.51. The van der Waals surface area contributed by atoms with Gasteiger partial charge in [-0.1, -0.05) is 19.0 Å². The molecule has 106 valence electrons. The van der Waals surface area contributed by atoms with Crippen LogP contribution in [0, 0.1) is 0 Å². The van der Waals surface area contributed by atoms with Crippen molar-refractivity contribution in [3.63, 3.8) is 0 Å². The van der Waals surface area contributed by atoms with Gasteiger partial charge < -0.3 is 21.0 Å². The fraction of sp³-hybridized carbons (Fsp3) is 0.500. The molecule has 1 heterocycles. The third-order valence-corrected chi connectivity index (χ3v) is 4.11. The second-order valence-electron chi connectivity index (χ2n) is 4.05. The fourth-order valence-electron chi connectivity index (χ4n) is 1.85. The second-order valence-corrected chi connectivity index (χ2v) is 4.96. The van der Waals surface area contributed by atoms with Gasteiger partial charge in [0.05, 0.1) is 7.11 Å². The molecule has 0 saturated carbocycles. The number of hydrogen-bond acceptors (Lipinski definition) is 5. The number of amides is 1. The Hall–Kier alpha value is -1.76. The van der Waals surface area contributed by atoms with Crippen LogP contribution in [0.3, 0.4) is 0 Å². The van der Waals surface area contributed by atoms with Crippen LogP contribution in [0.1, 0.15) is 36.4 Å². The summed E-state index contributed by atoms with van der Waals surface area (Å²) in [6, 6.07) is 1.72. The molecule has 6 nitrogen and oxygen atoms in total. The van der Waals surface area contributed by atoms with E-state index in [4.69, 9.17) is 15.7 Å². The summed E-state index contributed by atoms with van der Waals surface area (Å²) < 4.78 is 5.11. The molecule has 1 aromatic heterocycles. The Bertz CT molecular complexity index is 467. The monoisotopic (exact) mass is 285 g/mol. The fourth-order valence-corrected chi connectivity index (χ4v) is 2.60. The van der Waals surface area contributed by atoms with Gasteiger partial charge in [0.15, 0.2) is 5.84 Å². The average molecular weight is 285 g/mol. The molecule has 0 bridgehead atoms. The summed E-state index contributed by atoms with van der Waals surface area (Å²) in [5.74, 6) is 0.228. The molecule has 19 heavy (non-hydrogen) atoms. The summed E-state index contributed by atoms with van der Waals surface area (Å²) in [4.78, 5) is 12.7. The second kappa shape index (κ2) is 6.42. The lowest BCUT2D eigenvalue weighted by molar-refractivity contribution is 0.0919. The molecular formula is C12H19N3O3S. The SMILES string of the molecule is CCC(CC)(NC(=O)c1sccc1OC)/C(N)=N/O. The van der Waals surface area contributed by atoms with Crippen molar-refractivity contribution in [3.8, 4) is 5.75 Å². The first-order chi connectivity index (χ1) is 9.04. The molecule has 0 fully saturated rings. The van der Waals surface area contributed by atoms with Crippen LogP contribution in [0.4, 0.5) is 0 Å². The van der Waals surface area contributed by atoms with Gasteiger partial charge in [-0.2, -0.15) is 0 Å². The van der Waals surface area contributed by atoms with Gasteiger partial charge in [0, 0.05) is 0 Å². The van der Waals surface area contributed by atoms with Crippen molar-refractivity contribution < 1.29 is 14.7 Å². The molecule has 0 radical (unpaired) electrons. The number of carbonyl (C=O) groups is 1. The topological polar surface area (TPSA) is 96.9 Å². The summed E-state index contributed by atoms with van der Waals surface area (Å²) in [6.45, 7) is 3.74. The molecule has 4 N–H and O–H groups in total. The van der Waals surface area contributed by atoms with Gasteiger partial charge in [0.1, 0.15) is 16.2 Å². The third-order valence-electron chi connectivity index (χ3n) is 3.21. The van der Waals surface area contributed by atoms with Gasteiger partial charge in [-0.25, -0.2) is 0 Å². The standard InChI is InChI=1S/C12H19N3O3S/c1-4-12(5-2,11(13)15-17)14-10(16)9-8(18-3)6-7-19-9/h6-7,17H,4-5H2,1-3H3,(H2,13,15)(H,14,16). The average Bonchev–Trinajstić information content (AvgIpc) is 2.92. The lowest BCUT2D eigenvalue weighted by Crippen LogP contribution is -2.56. The number of thiophene rings is 1. The lowest BCUT2D eigenvalue weighted by Gasteiger charge is -2.31. The number of carbonyl (C=O) groups excluding carboxylic acids is 1. The van der Waals surface area contributed by atoms with Crippen molar-refractivity contribution >= 4 is 23.1 Å². The largest absolute Gasteiger partial charge is 0.495 e. The first kappa shape index (κ1) is 15.3. The van der Waals surface area contributed by atoms with E-state index in [0.29, 0.717) is 23.5 Å². The predicted molar refractivity (Wildman–Crippen MR) is 75.1 cm³/mol. The molecule has 1 aromatic rings. The number of nitrogens with two attached hydrogens (primary N) is 1. The molecule has 0 unspecified atom stereocenters. The first-order valence-corrected chi connectivity index (χ1v) is 6.84. The van der Waals surface area contributed by atoms with Crippen molar-refractivity contribution in [2.45, 2.75) is 32.2 Å². The maximum Gasteiger partial charge on any atom is 0.265 e. The van der Waals surface area contributed by atoms with Crippen LogP contribution in [0.25, 0.3) is 0 Å². The zero-order chi connectivity index (χ0) is 14.5. The zero-order valence-corrected chi connectivity index (χ0v) is 12.1. The van der Waals surface area contributed by atoms with Crippen molar-refractivity contribution in [1.29, 1.82) is 0 Å². The van der Waals surface area contributed by atoms with Gasteiger partial charge in [-0.3, -0.25) is 4.79 Å². The van der Waals surface area contributed by atoms with Crippen LogP contribution in [-0.4, -0.2) is 29.6 Å². The maximum atomic E-state index is 12.3. The Balaban J connectivity index is 3.01. The number of hydrogen-bond donors (Lipinski definition) is 3. The van der Waals surface area contributed by atoms with E-state index in [9.17, 15) is 4.79 Å². The molecule has 0 aliphatic heterocycles. The van der Waals surface area contributed by atoms with E-state index in [0.717, 1.165) is 0 Å². The molecule has 1 rings (SSSR count). The van der Waals surface area contributed by atoms with Crippen LogP contribution < -0.4 is 15.8 Å². The van der Waals surface area contributed by atoms with E-state index in [1.807, 2.05) is 13.8 Å². The number of amidine groups is 1. The zero-order valence-electron chi connectivity index (χ0n) is 11.3. The van der Waals surface area contributed by atoms with Crippen molar-refractivity contribution in [2.75, 3.05) is 7.11 Å². The summed E-state index contributed by atoms with van der Waals surface area (Å²) in [5.41, 5.74) is 4.86. The minimum Gasteiger partial charge on any atom is -0.495 e. The van der Waals surface area contributed by atoms with Gasteiger partial charge in [-0.15, -0.1) is 11.3 Å². The third kappa shape index (κ3) is 2.98. The highest BCUT2D eigenvalue weighted by Crippen LogP contribution is 2.26. The molecule has 1 amide bonds. The van der Waals surface area contributed by atoms with E-state index >= 15 is 0 Å². The van der Waals surface area contributed by atoms with E-state index in [-0.39, 0.29) is 11.7 Å². The lowest BCUT2D eigenvalue weighted by atomic mass is 9.91. The Morgan fingerprint density at radius 1 is 1.58 bits per heavy atom. The van der Waals surface area contributed by atoms with Crippen molar-refractivity contribution in [2.24, 2.45) is 10.9 Å². The first-order valence-electron chi connectivity index (χ1n) is 5.96. The predicted octanol–water partition coefficient (Wildman–Crippen LogP) is 1.79. The summed E-state index contributed by atoms with van der Waals surface area (Å²) in [5, 5.41) is 16.5. The van der Waals surface area contributed by atoms with E-state index < -0.39 is 5.54 Å². The number of ether oxygens (including phenoxy) is 1. The highest BCUT2D eigenvalue weighted by molar-refractivity contribution is 7.12. The van der Waals surface area contributed by atoms with Crippen molar-refractivity contribution in [3.05, 3.63) is 16.3 Å². The Kier molecular flexibility index (Phi) is 5.17. The van der Waals surface area contributed by atoms with Crippen molar-refractivity contribution in [1.82, 2.24) is 5.32 Å². The van der Waals surface area contributed by atoms with Gasteiger partial charge in [0.2, 0.25) is 0 Å². The van der Waals surface area contributed by atoms with Crippen LogP contribution >= 0.6 is 11.3 Å². The highest BCUT2D eigenvalue weighted by atomic mass is 32.1. The van der Waals surface area contributed by atoms with E-state index in [1.54, 1.807) is 11.4 Å². The summed E-state index contributed by atoms with van der Waals surface area (Å²) in [6.07, 6.45) is 1.05. The van der Waals surface area contributed by atoms with E-state index in [1.165, 1.54) is 18.4 Å². The molecule has 0 aliphatic rings. The summed E-state index contributed by atoms with van der Waals surface area (Å²) >= 11 is 1.28. The number of nitrogens with one attached hydrogen (secondary N) is 1. The van der Waals surface area contributed by atoms with Crippen LogP contribution in [0.2, 0.25) is 0 Å². The Morgan fingerprint density at radius 2 is 2.21 bits per heavy atom. The molecule has 0 saturated heterocycles. The molecule has 0 atom stereocenters. The van der Waals surface area contributed by atoms with Crippen LogP contribution in [0.5, 0.6) is 5.75 Å². The Morgan fingerprint density at radius 3 is 2.68 bits per heavy atom. The molecule has 0 aliphatic carbocycles. The van der Waals surface area contributed by atoms with Crippen LogP contribution in [0.15, 0.2) is 16.6 Å². The molecule has 0 aromatic carbocycles. The molecular weight excluding hydrogens is 266 g/mol. The Labute approximate surface area is 116 Å². The van der Waals surface area contributed by atoms with E-state index in [2.05, 4.69) is 10.5 Å². The smallest absolute Gasteiger partial charge is 0.265 e. The number of rotatable bonds is 6. The minimum absolute atomic E-state index is 0.00127. The molecule has 7 heteroatoms. The molecule has 0 spiro atoms. The maximum absolute atomic E-state index is 12.3. The minimum atomic E-state index is -0.846. The number of methoxy groups -OCH3 is 1. The normalized spacial score (nSPS) is 12.3. The van der Waals surface area contributed by atoms with Gasteiger partial charge >= 0.3 is 0 Å². The van der Waals surface area contributed by atoms with Gasteiger partial charge in [0.25, 0.3) is 5.91 Å². The van der Waals surface area contributed by atoms with Gasteiger partial charge in [-0.05, 0) is 24.3 Å². The van der Waals surface area contributed by atoms with Crippen LogP contribution in [-0.2, 0) is 0 Å². The highest BCUT2D eigenvalue weighted by Gasteiger charge is 2.34. The number of nitrogens with zero attached hydrogens (tertiary/aromatic N) is 1. The quantitative estimate of drug-likeness (QED) is 0.321.